The van der Waals surface area contributed by atoms with Crippen LogP contribution in [0.2, 0.25) is 0 Å². The van der Waals surface area contributed by atoms with Gasteiger partial charge in [-0.05, 0) is 55.1 Å². The van der Waals surface area contributed by atoms with Crippen molar-refractivity contribution in [1.82, 2.24) is 0 Å². The van der Waals surface area contributed by atoms with E-state index in [1.807, 2.05) is 54.8 Å². The summed E-state index contributed by atoms with van der Waals surface area (Å²) < 4.78 is 0. The molecule has 0 saturated heterocycles. The number of nitrogens with one attached hydrogen (secondary N) is 2. The monoisotopic (exact) mass is 300 g/mol. The van der Waals surface area contributed by atoms with Crippen LogP contribution < -0.4 is 10.6 Å². The number of benzene rings is 2. The molecule has 2 aromatic rings. The quantitative estimate of drug-likeness (QED) is 0.773. The average molecular weight is 300 g/mol. The fourth-order valence-electron chi connectivity index (χ4n) is 1.91. The van der Waals surface area contributed by atoms with Gasteiger partial charge in [0.05, 0.1) is 0 Å². The first-order valence-electron chi connectivity index (χ1n) is 7.02. The predicted octanol–water partition coefficient (Wildman–Crippen LogP) is 4.48. The first-order valence-corrected chi connectivity index (χ1v) is 8.24. The largest absolute Gasteiger partial charge is 0.385 e. The SMILES string of the molecule is CCCNc1ccc(C(=O)Nc2cccc(SC)c2)cc1. The molecule has 1 amide bonds. The molecule has 110 valence electrons. The van der Waals surface area contributed by atoms with Gasteiger partial charge in [-0.25, -0.2) is 0 Å². The van der Waals surface area contributed by atoms with E-state index < -0.39 is 0 Å². The highest BCUT2D eigenvalue weighted by Crippen LogP contribution is 2.19. The molecular weight excluding hydrogens is 280 g/mol. The Hall–Kier alpha value is -1.94. The summed E-state index contributed by atoms with van der Waals surface area (Å²) in [6, 6.07) is 15.4. The first-order chi connectivity index (χ1) is 10.2. The Balaban J connectivity index is 2.02. The van der Waals surface area contributed by atoms with Gasteiger partial charge >= 0.3 is 0 Å². The van der Waals surface area contributed by atoms with E-state index in [0.717, 1.165) is 29.2 Å². The van der Waals surface area contributed by atoms with Crippen molar-refractivity contribution >= 4 is 29.0 Å². The Morgan fingerprint density at radius 1 is 1.10 bits per heavy atom. The molecule has 0 radical (unpaired) electrons. The fourth-order valence-corrected chi connectivity index (χ4v) is 2.37. The maximum Gasteiger partial charge on any atom is 0.255 e. The smallest absolute Gasteiger partial charge is 0.255 e. The summed E-state index contributed by atoms with van der Waals surface area (Å²) in [4.78, 5) is 13.3. The van der Waals surface area contributed by atoms with Gasteiger partial charge in [0.25, 0.3) is 5.91 Å². The van der Waals surface area contributed by atoms with Crippen molar-refractivity contribution in [2.24, 2.45) is 0 Å². The minimum Gasteiger partial charge on any atom is -0.385 e. The molecule has 0 saturated carbocycles. The Morgan fingerprint density at radius 3 is 2.52 bits per heavy atom. The number of rotatable bonds is 6. The third-order valence-corrected chi connectivity index (χ3v) is 3.78. The molecule has 0 heterocycles. The molecule has 2 N–H and O–H groups in total. The second-order valence-corrected chi connectivity index (χ2v) is 5.57. The Labute approximate surface area is 130 Å². The molecule has 0 spiro atoms. The molecular formula is C17H20N2OS. The summed E-state index contributed by atoms with van der Waals surface area (Å²) in [5.74, 6) is -0.0877. The van der Waals surface area contributed by atoms with Crippen LogP contribution in [0, 0.1) is 0 Å². The second kappa shape index (κ2) is 7.74. The third-order valence-electron chi connectivity index (χ3n) is 3.05. The number of carbonyl (C=O) groups is 1. The lowest BCUT2D eigenvalue weighted by molar-refractivity contribution is 0.102. The summed E-state index contributed by atoms with van der Waals surface area (Å²) in [5.41, 5.74) is 2.52. The third kappa shape index (κ3) is 4.53. The van der Waals surface area contributed by atoms with Gasteiger partial charge in [0.1, 0.15) is 0 Å². The van der Waals surface area contributed by atoms with Crippen molar-refractivity contribution < 1.29 is 4.79 Å². The van der Waals surface area contributed by atoms with Gasteiger partial charge < -0.3 is 10.6 Å². The zero-order valence-electron chi connectivity index (χ0n) is 12.3. The van der Waals surface area contributed by atoms with Crippen LogP contribution >= 0.6 is 11.8 Å². The Bertz CT molecular complexity index is 596. The van der Waals surface area contributed by atoms with Gasteiger partial charge in [0, 0.05) is 28.4 Å². The molecule has 0 bridgehead atoms. The number of thioether (sulfide) groups is 1. The molecule has 2 rings (SSSR count). The van der Waals surface area contributed by atoms with E-state index in [9.17, 15) is 4.79 Å². The maximum absolute atomic E-state index is 12.2. The fraction of sp³-hybridized carbons (Fsp3) is 0.235. The first kappa shape index (κ1) is 15.4. The number of hydrogen-bond acceptors (Lipinski definition) is 3. The lowest BCUT2D eigenvalue weighted by Crippen LogP contribution is -2.12. The molecule has 0 atom stereocenters. The van der Waals surface area contributed by atoms with Gasteiger partial charge in [-0.15, -0.1) is 11.8 Å². The predicted molar refractivity (Wildman–Crippen MR) is 91.4 cm³/mol. The van der Waals surface area contributed by atoms with Crippen LogP contribution in [0.25, 0.3) is 0 Å². The van der Waals surface area contributed by atoms with Crippen molar-refractivity contribution in [2.45, 2.75) is 18.2 Å². The molecule has 0 aliphatic heterocycles. The summed E-state index contributed by atoms with van der Waals surface area (Å²) >= 11 is 1.66. The lowest BCUT2D eigenvalue weighted by atomic mass is 10.2. The van der Waals surface area contributed by atoms with Crippen LogP contribution in [0.5, 0.6) is 0 Å². The van der Waals surface area contributed by atoms with Crippen LogP contribution in [0.1, 0.15) is 23.7 Å². The van der Waals surface area contributed by atoms with Crippen LogP contribution in [0.15, 0.2) is 53.4 Å². The van der Waals surface area contributed by atoms with E-state index in [1.165, 1.54) is 0 Å². The zero-order chi connectivity index (χ0) is 15.1. The molecule has 0 aromatic heterocycles. The van der Waals surface area contributed by atoms with Crippen LogP contribution in [0.4, 0.5) is 11.4 Å². The number of carbonyl (C=O) groups excluding carboxylic acids is 1. The normalized spacial score (nSPS) is 10.2. The van der Waals surface area contributed by atoms with Crippen LogP contribution in [-0.2, 0) is 0 Å². The average Bonchev–Trinajstić information content (AvgIpc) is 2.53. The van der Waals surface area contributed by atoms with E-state index >= 15 is 0 Å². The highest BCUT2D eigenvalue weighted by molar-refractivity contribution is 7.98. The summed E-state index contributed by atoms with van der Waals surface area (Å²) in [6.07, 6.45) is 3.09. The minimum absolute atomic E-state index is 0.0877. The molecule has 21 heavy (non-hydrogen) atoms. The van der Waals surface area contributed by atoms with Crippen molar-refractivity contribution in [3.63, 3.8) is 0 Å². The van der Waals surface area contributed by atoms with E-state index in [4.69, 9.17) is 0 Å². The van der Waals surface area contributed by atoms with E-state index in [-0.39, 0.29) is 5.91 Å². The molecule has 0 aliphatic rings. The topological polar surface area (TPSA) is 41.1 Å². The van der Waals surface area contributed by atoms with Crippen molar-refractivity contribution in [3.8, 4) is 0 Å². The second-order valence-electron chi connectivity index (χ2n) is 4.69. The molecule has 0 unspecified atom stereocenters. The molecule has 3 nitrogen and oxygen atoms in total. The van der Waals surface area contributed by atoms with Crippen LogP contribution in [-0.4, -0.2) is 18.7 Å². The van der Waals surface area contributed by atoms with E-state index in [0.29, 0.717) is 5.56 Å². The van der Waals surface area contributed by atoms with Gasteiger partial charge in [-0.2, -0.15) is 0 Å². The van der Waals surface area contributed by atoms with E-state index in [2.05, 4.69) is 17.6 Å². The minimum atomic E-state index is -0.0877. The molecule has 2 aromatic carbocycles. The number of hydrogen-bond donors (Lipinski definition) is 2. The van der Waals surface area contributed by atoms with Crippen molar-refractivity contribution in [2.75, 3.05) is 23.4 Å². The lowest BCUT2D eigenvalue weighted by Gasteiger charge is -2.08. The number of amides is 1. The molecule has 0 aliphatic carbocycles. The molecule has 0 fully saturated rings. The van der Waals surface area contributed by atoms with Crippen molar-refractivity contribution in [1.29, 1.82) is 0 Å². The van der Waals surface area contributed by atoms with Gasteiger partial charge in [0.2, 0.25) is 0 Å². The van der Waals surface area contributed by atoms with Crippen LogP contribution in [0.3, 0.4) is 0 Å². The zero-order valence-corrected chi connectivity index (χ0v) is 13.2. The highest BCUT2D eigenvalue weighted by atomic mass is 32.2. The van der Waals surface area contributed by atoms with Gasteiger partial charge in [0.15, 0.2) is 0 Å². The maximum atomic E-state index is 12.2. The number of anilines is 2. The summed E-state index contributed by atoms with van der Waals surface area (Å²) in [5, 5.41) is 6.21. The van der Waals surface area contributed by atoms with E-state index in [1.54, 1.807) is 11.8 Å². The van der Waals surface area contributed by atoms with Gasteiger partial charge in [-0.3, -0.25) is 4.79 Å². The van der Waals surface area contributed by atoms with Crippen molar-refractivity contribution in [3.05, 3.63) is 54.1 Å². The Kier molecular flexibility index (Phi) is 5.69. The molecule has 4 heteroatoms. The highest BCUT2D eigenvalue weighted by Gasteiger charge is 2.06. The Morgan fingerprint density at radius 2 is 1.86 bits per heavy atom. The summed E-state index contributed by atoms with van der Waals surface area (Å²) in [6.45, 7) is 3.06. The standard InChI is InChI=1S/C17H20N2OS/c1-3-11-18-14-9-7-13(8-10-14)17(20)19-15-5-4-6-16(12-15)21-2/h4-10,12,18H,3,11H2,1-2H3,(H,19,20). The van der Waals surface area contributed by atoms with Gasteiger partial charge in [-0.1, -0.05) is 13.0 Å². The summed E-state index contributed by atoms with van der Waals surface area (Å²) in [7, 11) is 0.